The van der Waals surface area contributed by atoms with Gasteiger partial charge in [-0.25, -0.2) is 8.78 Å². The molecule has 0 spiro atoms. The zero-order valence-electron chi connectivity index (χ0n) is 12.1. The Morgan fingerprint density at radius 2 is 2.05 bits per heavy atom. The zero-order chi connectivity index (χ0) is 15.0. The molecule has 20 heavy (non-hydrogen) atoms. The van der Waals surface area contributed by atoms with E-state index in [1.54, 1.807) is 0 Å². The van der Waals surface area contributed by atoms with Crippen LogP contribution in [0.2, 0.25) is 0 Å². The lowest BCUT2D eigenvalue weighted by Crippen LogP contribution is -2.48. The summed E-state index contributed by atoms with van der Waals surface area (Å²) in [5, 5.41) is 12.8. The van der Waals surface area contributed by atoms with Crippen LogP contribution in [-0.4, -0.2) is 29.5 Å². The van der Waals surface area contributed by atoms with E-state index in [-0.39, 0.29) is 18.0 Å². The van der Waals surface area contributed by atoms with E-state index in [9.17, 15) is 13.9 Å². The van der Waals surface area contributed by atoms with Gasteiger partial charge in [-0.1, -0.05) is 13.8 Å². The second kappa shape index (κ2) is 8.60. The molecule has 0 saturated carbocycles. The fourth-order valence-corrected chi connectivity index (χ4v) is 3.10. The summed E-state index contributed by atoms with van der Waals surface area (Å²) in [5.74, 6) is -0.0973. The number of nitrogens with one attached hydrogen (secondary N) is 1. The number of halogens is 2. The van der Waals surface area contributed by atoms with Crippen molar-refractivity contribution in [3.63, 3.8) is 0 Å². The van der Waals surface area contributed by atoms with Crippen LogP contribution in [0.25, 0.3) is 0 Å². The normalized spacial score (nSPS) is 14.2. The zero-order valence-corrected chi connectivity index (χ0v) is 12.9. The Hall–Kier alpha value is -0.650. The van der Waals surface area contributed by atoms with E-state index >= 15 is 0 Å². The Morgan fingerprint density at radius 1 is 1.30 bits per heavy atom. The first-order chi connectivity index (χ1) is 9.56. The van der Waals surface area contributed by atoms with Crippen LogP contribution in [0.1, 0.15) is 33.1 Å². The van der Waals surface area contributed by atoms with Crippen molar-refractivity contribution in [1.29, 1.82) is 0 Å². The summed E-state index contributed by atoms with van der Waals surface area (Å²) >= 11 is 1.32. The molecule has 0 saturated heterocycles. The number of aliphatic hydroxyl groups excluding tert-OH is 1. The van der Waals surface area contributed by atoms with Gasteiger partial charge in [0.05, 0.1) is 6.61 Å². The summed E-state index contributed by atoms with van der Waals surface area (Å²) in [6.45, 7) is 4.95. The van der Waals surface area contributed by atoms with E-state index in [2.05, 4.69) is 5.32 Å². The third-order valence-corrected chi connectivity index (χ3v) is 4.60. The molecule has 114 valence electrons. The molecule has 0 aliphatic carbocycles. The van der Waals surface area contributed by atoms with Crippen molar-refractivity contribution in [3.8, 4) is 0 Å². The van der Waals surface area contributed by atoms with Crippen molar-refractivity contribution in [2.45, 2.75) is 43.5 Å². The average molecular weight is 303 g/mol. The molecule has 0 radical (unpaired) electrons. The molecule has 0 bridgehead atoms. The van der Waals surface area contributed by atoms with Gasteiger partial charge in [0, 0.05) is 10.4 Å². The van der Waals surface area contributed by atoms with Crippen LogP contribution in [-0.2, 0) is 0 Å². The molecule has 1 rings (SSSR count). The van der Waals surface area contributed by atoms with E-state index in [1.807, 2.05) is 13.8 Å². The summed E-state index contributed by atoms with van der Waals surface area (Å²) in [6.07, 6.45) is 2.50. The minimum absolute atomic E-state index is 0.0936. The molecular formula is C15H23F2NOS. The lowest BCUT2D eigenvalue weighted by atomic mass is 9.91. The third-order valence-electron chi connectivity index (χ3n) is 3.48. The van der Waals surface area contributed by atoms with Gasteiger partial charge in [-0.15, -0.1) is 11.8 Å². The molecular weight excluding hydrogens is 280 g/mol. The highest BCUT2D eigenvalue weighted by molar-refractivity contribution is 7.99. The molecule has 1 atom stereocenters. The smallest absolute Gasteiger partial charge is 0.136 e. The minimum atomic E-state index is -0.417. The molecule has 0 aliphatic rings. The predicted octanol–water partition coefficient (Wildman–Crippen LogP) is 3.59. The van der Waals surface area contributed by atoms with Crippen LogP contribution in [0.15, 0.2) is 23.1 Å². The lowest BCUT2D eigenvalue weighted by Gasteiger charge is -2.31. The van der Waals surface area contributed by atoms with Crippen LogP contribution in [0.4, 0.5) is 8.78 Å². The maximum absolute atomic E-state index is 13.4. The topological polar surface area (TPSA) is 32.3 Å². The van der Waals surface area contributed by atoms with Crippen molar-refractivity contribution in [2.75, 3.05) is 18.9 Å². The molecule has 1 unspecified atom stereocenters. The van der Waals surface area contributed by atoms with E-state index in [0.717, 1.165) is 37.9 Å². The molecule has 0 fully saturated rings. The molecule has 1 aromatic carbocycles. The fourth-order valence-electron chi connectivity index (χ4n) is 2.19. The van der Waals surface area contributed by atoms with Gasteiger partial charge in [0.25, 0.3) is 0 Å². The first kappa shape index (κ1) is 17.4. The van der Waals surface area contributed by atoms with E-state index in [1.165, 1.54) is 17.8 Å². The Bertz CT molecular complexity index is 411. The van der Waals surface area contributed by atoms with Gasteiger partial charge in [0.15, 0.2) is 0 Å². The fraction of sp³-hybridized carbons (Fsp3) is 0.600. The van der Waals surface area contributed by atoms with Crippen LogP contribution < -0.4 is 5.32 Å². The van der Waals surface area contributed by atoms with Gasteiger partial charge in [0.2, 0.25) is 0 Å². The van der Waals surface area contributed by atoms with Gasteiger partial charge in [-0.2, -0.15) is 0 Å². The summed E-state index contributed by atoms with van der Waals surface area (Å²) in [5.41, 5.74) is -0.254. The van der Waals surface area contributed by atoms with Crippen molar-refractivity contribution >= 4 is 11.8 Å². The minimum Gasteiger partial charge on any atom is -0.394 e. The second-order valence-electron chi connectivity index (χ2n) is 4.85. The molecule has 2 nitrogen and oxygen atoms in total. The first-order valence-electron chi connectivity index (χ1n) is 7.00. The van der Waals surface area contributed by atoms with Gasteiger partial charge in [-0.05, 0) is 49.8 Å². The van der Waals surface area contributed by atoms with Crippen molar-refractivity contribution in [1.82, 2.24) is 5.32 Å². The quantitative estimate of drug-likeness (QED) is 0.540. The molecule has 5 heteroatoms. The van der Waals surface area contributed by atoms with Crippen LogP contribution >= 0.6 is 11.8 Å². The number of rotatable bonds is 9. The van der Waals surface area contributed by atoms with Gasteiger partial charge >= 0.3 is 0 Å². The standard InChI is InChI=1S/C15H23F2NOS/c1-3-15(11-19,18-4-2)8-5-9-20-14-10-12(16)6-7-13(14)17/h6-7,10,18-19H,3-5,8-9,11H2,1-2H3. The van der Waals surface area contributed by atoms with Gasteiger partial charge in [-0.3, -0.25) is 0 Å². The van der Waals surface area contributed by atoms with Crippen molar-refractivity contribution in [2.24, 2.45) is 0 Å². The van der Waals surface area contributed by atoms with Gasteiger partial charge < -0.3 is 10.4 Å². The molecule has 0 amide bonds. The van der Waals surface area contributed by atoms with E-state index < -0.39 is 5.82 Å². The Balaban J connectivity index is 2.45. The maximum Gasteiger partial charge on any atom is 0.136 e. The molecule has 2 N–H and O–H groups in total. The number of likely N-dealkylation sites (N-methyl/N-ethyl adjacent to an activating group) is 1. The highest BCUT2D eigenvalue weighted by Gasteiger charge is 2.25. The summed E-state index contributed by atoms with van der Waals surface area (Å²) in [6, 6.07) is 3.50. The van der Waals surface area contributed by atoms with Crippen molar-refractivity contribution in [3.05, 3.63) is 29.8 Å². The summed E-state index contributed by atoms with van der Waals surface area (Å²) in [7, 11) is 0. The molecule has 1 aromatic rings. The molecule has 0 aromatic heterocycles. The number of hydrogen-bond acceptors (Lipinski definition) is 3. The summed E-state index contributed by atoms with van der Waals surface area (Å²) in [4.78, 5) is 0.347. The average Bonchev–Trinajstić information content (AvgIpc) is 2.46. The summed E-state index contributed by atoms with van der Waals surface area (Å²) < 4.78 is 26.5. The number of thioether (sulfide) groups is 1. The number of aliphatic hydroxyl groups is 1. The number of benzene rings is 1. The van der Waals surface area contributed by atoms with Crippen LogP contribution in [0, 0.1) is 11.6 Å². The van der Waals surface area contributed by atoms with Gasteiger partial charge in [0.1, 0.15) is 11.6 Å². The number of hydrogen-bond donors (Lipinski definition) is 2. The SMILES string of the molecule is CCNC(CC)(CO)CCCSc1cc(F)ccc1F. The Morgan fingerprint density at radius 3 is 2.65 bits per heavy atom. The van der Waals surface area contributed by atoms with E-state index in [4.69, 9.17) is 0 Å². The first-order valence-corrected chi connectivity index (χ1v) is 7.99. The largest absolute Gasteiger partial charge is 0.394 e. The van der Waals surface area contributed by atoms with Crippen LogP contribution in [0.5, 0.6) is 0 Å². The molecule has 0 aliphatic heterocycles. The predicted molar refractivity (Wildman–Crippen MR) is 80.1 cm³/mol. The Labute approximate surface area is 124 Å². The Kier molecular flexibility index (Phi) is 7.48. The molecule has 0 heterocycles. The highest BCUT2D eigenvalue weighted by Crippen LogP contribution is 2.25. The van der Waals surface area contributed by atoms with Crippen LogP contribution in [0.3, 0.4) is 0 Å². The second-order valence-corrected chi connectivity index (χ2v) is 5.99. The third kappa shape index (κ3) is 5.04. The monoisotopic (exact) mass is 303 g/mol. The van der Waals surface area contributed by atoms with E-state index in [0.29, 0.717) is 10.6 Å². The van der Waals surface area contributed by atoms with Crippen molar-refractivity contribution < 1.29 is 13.9 Å². The highest BCUT2D eigenvalue weighted by atomic mass is 32.2. The lowest BCUT2D eigenvalue weighted by molar-refractivity contribution is 0.148. The maximum atomic E-state index is 13.4.